The van der Waals surface area contributed by atoms with Crippen molar-refractivity contribution >= 4 is 5.97 Å². The number of carbonyl (C=O) groups excluding carboxylic acids is 1. The summed E-state index contributed by atoms with van der Waals surface area (Å²) in [6, 6.07) is 10.2. The second kappa shape index (κ2) is 9.89. The fourth-order valence-corrected chi connectivity index (χ4v) is 4.06. The Hall–Kier alpha value is -3.69. The zero-order valence-corrected chi connectivity index (χ0v) is 20.2. The summed E-state index contributed by atoms with van der Waals surface area (Å²) in [6.45, 7) is 3.97. The Bertz CT molecular complexity index is 1160. The molecule has 0 saturated heterocycles. The van der Waals surface area contributed by atoms with Crippen molar-refractivity contribution in [2.24, 2.45) is 0 Å². The Morgan fingerprint density at radius 3 is 2.31 bits per heavy atom. The van der Waals surface area contributed by atoms with Gasteiger partial charge in [-0.3, -0.25) is 0 Å². The fourth-order valence-electron chi connectivity index (χ4n) is 4.06. The number of hydrogen-bond acceptors (Lipinski definition) is 9. The molecule has 0 saturated carbocycles. The Labute approximate surface area is 203 Å². The van der Waals surface area contributed by atoms with Crippen molar-refractivity contribution < 1.29 is 43.4 Å². The van der Waals surface area contributed by atoms with Gasteiger partial charge in [0.25, 0.3) is 5.79 Å². The van der Waals surface area contributed by atoms with Crippen LogP contribution in [0.4, 0.5) is 0 Å². The lowest BCUT2D eigenvalue weighted by molar-refractivity contribution is -0.231. The lowest BCUT2D eigenvalue weighted by Gasteiger charge is -2.26. The molecule has 9 heteroatoms. The first kappa shape index (κ1) is 24.4. The summed E-state index contributed by atoms with van der Waals surface area (Å²) in [5, 5.41) is 11.7. The number of aliphatic hydroxyl groups is 1. The maximum absolute atomic E-state index is 13.0. The Balaban J connectivity index is 1.85. The van der Waals surface area contributed by atoms with E-state index in [1.165, 1.54) is 14.2 Å². The summed E-state index contributed by atoms with van der Waals surface area (Å²) < 4.78 is 27.7. The van der Waals surface area contributed by atoms with Gasteiger partial charge in [-0.25, -0.2) is 4.79 Å². The topological polar surface area (TPSA) is 102 Å². The molecule has 186 valence electrons. The Morgan fingerprint density at radius 1 is 1.03 bits per heavy atom. The van der Waals surface area contributed by atoms with Gasteiger partial charge in [0.2, 0.25) is 5.75 Å². The first-order valence-electron chi connectivity index (χ1n) is 11.1. The van der Waals surface area contributed by atoms with E-state index in [1.54, 1.807) is 49.6 Å². The summed E-state index contributed by atoms with van der Waals surface area (Å²) in [5.74, 6) is -0.630. The molecule has 2 heterocycles. The van der Waals surface area contributed by atoms with Crippen LogP contribution in [0.5, 0.6) is 23.0 Å². The van der Waals surface area contributed by atoms with Gasteiger partial charge in [0.1, 0.15) is 17.9 Å². The van der Waals surface area contributed by atoms with Gasteiger partial charge in [-0.1, -0.05) is 0 Å². The third-order valence-electron chi connectivity index (χ3n) is 5.62. The molecule has 0 fully saturated rings. The van der Waals surface area contributed by atoms with Crippen molar-refractivity contribution in [1.29, 1.82) is 0 Å². The molecule has 0 aliphatic carbocycles. The maximum atomic E-state index is 13.0. The summed E-state index contributed by atoms with van der Waals surface area (Å²) >= 11 is 0. The van der Waals surface area contributed by atoms with Gasteiger partial charge in [0.15, 0.2) is 17.3 Å². The number of rotatable bonds is 9. The van der Waals surface area contributed by atoms with E-state index >= 15 is 0 Å². The van der Waals surface area contributed by atoms with Crippen LogP contribution in [-0.2, 0) is 31.5 Å². The van der Waals surface area contributed by atoms with E-state index in [4.69, 9.17) is 33.5 Å². The van der Waals surface area contributed by atoms with Crippen LogP contribution in [0.25, 0.3) is 0 Å². The van der Waals surface area contributed by atoms with Crippen molar-refractivity contribution in [1.82, 2.24) is 0 Å². The molecule has 0 radical (unpaired) electrons. The normalized spacial score (nSPS) is 19.4. The van der Waals surface area contributed by atoms with E-state index in [-0.39, 0.29) is 36.0 Å². The van der Waals surface area contributed by atoms with E-state index in [0.29, 0.717) is 34.1 Å². The number of esters is 1. The number of benzene rings is 2. The van der Waals surface area contributed by atoms with Crippen molar-refractivity contribution in [3.63, 3.8) is 0 Å². The number of cyclic esters (lactones) is 1. The maximum Gasteiger partial charge on any atom is 0.345 e. The molecule has 1 N–H and O–H groups in total. The highest BCUT2D eigenvalue weighted by atomic mass is 17.2. The van der Waals surface area contributed by atoms with E-state index in [0.717, 1.165) is 0 Å². The van der Waals surface area contributed by atoms with Gasteiger partial charge in [-0.2, -0.15) is 4.89 Å². The number of carbonyl (C=O) groups is 1. The van der Waals surface area contributed by atoms with Gasteiger partial charge in [-0.05, 0) is 61.9 Å². The van der Waals surface area contributed by atoms with Crippen LogP contribution in [0.2, 0.25) is 0 Å². The first-order chi connectivity index (χ1) is 16.8. The predicted octanol–water partition coefficient (Wildman–Crippen LogP) is 3.59. The first-order valence-corrected chi connectivity index (χ1v) is 11.1. The van der Waals surface area contributed by atoms with Crippen LogP contribution in [-0.4, -0.2) is 45.1 Å². The molecular formula is C26H28O9. The number of ether oxygens (including phenoxy) is 5. The Kier molecular flexibility index (Phi) is 6.90. The van der Waals surface area contributed by atoms with Crippen LogP contribution in [0.1, 0.15) is 25.0 Å². The van der Waals surface area contributed by atoms with Gasteiger partial charge >= 0.3 is 5.97 Å². The fraction of sp³-hybridized carbons (Fsp3) is 0.346. The third kappa shape index (κ3) is 4.65. The van der Waals surface area contributed by atoms with Crippen LogP contribution < -0.4 is 18.9 Å². The second-order valence-electron chi connectivity index (χ2n) is 8.22. The van der Waals surface area contributed by atoms with Crippen molar-refractivity contribution in [3.8, 4) is 23.0 Å². The van der Waals surface area contributed by atoms with E-state index in [9.17, 15) is 9.90 Å². The minimum Gasteiger partial charge on any atom is -0.497 e. The van der Waals surface area contributed by atoms with E-state index in [2.05, 4.69) is 0 Å². The third-order valence-corrected chi connectivity index (χ3v) is 5.62. The molecule has 9 nitrogen and oxygen atoms in total. The molecule has 2 aromatic rings. The summed E-state index contributed by atoms with van der Waals surface area (Å²) in [4.78, 5) is 23.2. The average Bonchev–Trinajstić information content (AvgIpc) is 3.45. The lowest BCUT2D eigenvalue weighted by Crippen LogP contribution is -2.29. The molecule has 4 rings (SSSR count). The van der Waals surface area contributed by atoms with Gasteiger partial charge < -0.3 is 33.7 Å². The largest absolute Gasteiger partial charge is 0.497 e. The minimum absolute atomic E-state index is 0.0990. The molecular weight excluding hydrogens is 456 g/mol. The summed E-state index contributed by atoms with van der Waals surface area (Å²) in [5.41, 5.74) is 1.43. The van der Waals surface area contributed by atoms with Gasteiger partial charge in [0, 0.05) is 17.6 Å². The molecule has 2 aromatic carbocycles. The van der Waals surface area contributed by atoms with Crippen molar-refractivity contribution in [3.05, 3.63) is 70.5 Å². The highest BCUT2D eigenvalue weighted by Crippen LogP contribution is 2.46. The highest BCUT2D eigenvalue weighted by molar-refractivity contribution is 5.97. The predicted molar refractivity (Wildman–Crippen MR) is 124 cm³/mol. The minimum atomic E-state index is -2.04. The molecule has 1 unspecified atom stereocenters. The average molecular weight is 485 g/mol. The number of methoxy groups -OCH3 is 3. The van der Waals surface area contributed by atoms with E-state index < -0.39 is 11.8 Å². The zero-order chi connectivity index (χ0) is 25.2. The van der Waals surface area contributed by atoms with Crippen LogP contribution in [0.3, 0.4) is 0 Å². The molecule has 0 spiro atoms. The molecule has 2 aliphatic heterocycles. The van der Waals surface area contributed by atoms with Gasteiger partial charge in [-0.15, -0.1) is 0 Å². The molecule has 0 aromatic heterocycles. The van der Waals surface area contributed by atoms with Crippen molar-refractivity contribution in [2.75, 3.05) is 27.9 Å². The zero-order valence-electron chi connectivity index (χ0n) is 20.2. The quantitative estimate of drug-likeness (QED) is 0.423. The monoisotopic (exact) mass is 484 g/mol. The molecule has 1 atom stereocenters. The molecule has 2 aliphatic rings. The van der Waals surface area contributed by atoms with Crippen LogP contribution in [0.15, 0.2) is 59.4 Å². The van der Waals surface area contributed by atoms with Crippen LogP contribution >= 0.6 is 0 Å². The number of hydrogen-bond donors (Lipinski definition) is 1. The smallest absolute Gasteiger partial charge is 0.345 e. The highest BCUT2D eigenvalue weighted by Gasteiger charge is 2.50. The lowest BCUT2D eigenvalue weighted by atomic mass is 9.89. The summed E-state index contributed by atoms with van der Waals surface area (Å²) in [6.07, 6.45) is 1.60. The Morgan fingerprint density at radius 2 is 1.74 bits per heavy atom. The standard InChI is InChI=1S/C26H28O9/c1-15(2)33-22-14-16(13-21(30-4)24(22)31-5)12-19-23(20-10-11-32-35-20)25(27)34-26(19,28)17-6-8-18(29-3)9-7-17/h6-10,13-15,28H,11-12H2,1-5H3. The van der Waals surface area contributed by atoms with Crippen LogP contribution in [0, 0.1) is 0 Å². The molecule has 0 amide bonds. The molecule has 35 heavy (non-hydrogen) atoms. The summed E-state index contributed by atoms with van der Waals surface area (Å²) in [7, 11) is 4.59. The van der Waals surface area contributed by atoms with Crippen molar-refractivity contribution in [2.45, 2.75) is 32.2 Å². The second-order valence-corrected chi connectivity index (χ2v) is 8.22. The van der Waals surface area contributed by atoms with E-state index in [1.807, 2.05) is 13.8 Å². The van der Waals surface area contributed by atoms with Gasteiger partial charge in [0.05, 0.1) is 27.4 Å². The SMILES string of the molecule is COc1ccc(C2(O)OC(=O)C(C3=CCOO3)=C2Cc2cc(OC)c(OC)c(OC(C)C)c2)cc1. The molecule has 0 bridgehead atoms.